The van der Waals surface area contributed by atoms with Gasteiger partial charge in [0.25, 0.3) is 5.95 Å². The predicted octanol–water partition coefficient (Wildman–Crippen LogP) is 1.04. The van der Waals surface area contributed by atoms with Gasteiger partial charge in [-0.25, -0.2) is 4.98 Å². The van der Waals surface area contributed by atoms with Crippen molar-refractivity contribution < 1.29 is 0 Å². The van der Waals surface area contributed by atoms with Gasteiger partial charge in [-0.15, -0.1) is 5.10 Å². The molecule has 9 heteroatoms. The lowest BCUT2D eigenvalue weighted by Crippen LogP contribution is -2.16. The van der Waals surface area contributed by atoms with Crippen LogP contribution in [0.2, 0.25) is 0 Å². The Bertz CT molecular complexity index is 552. The molecule has 0 aliphatic rings. The van der Waals surface area contributed by atoms with E-state index in [-0.39, 0.29) is 6.04 Å². The van der Waals surface area contributed by atoms with Crippen LogP contribution in [0.1, 0.15) is 13.8 Å². The van der Waals surface area contributed by atoms with Gasteiger partial charge in [0.15, 0.2) is 0 Å². The Balaban J connectivity index is 2.38. The van der Waals surface area contributed by atoms with E-state index in [4.69, 9.17) is 0 Å². The fourth-order valence-electron chi connectivity index (χ4n) is 1.34. The number of nitrogens with zero attached hydrogens (tertiary/aromatic N) is 6. The standard InChI is InChI=1S/C10H16N8S/c1-6(2)13-8-14-7(11-3)15-9(16-8)18-5-12-10(17-18)19-4/h5-6H,1-4H3,(H2,11,13,14,15,16). The highest BCUT2D eigenvalue weighted by molar-refractivity contribution is 7.98. The number of anilines is 2. The van der Waals surface area contributed by atoms with Crippen molar-refractivity contribution in [2.75, 3.05) is 23.9 Å². The Kier molecular flexibility index (Phi) is 4.15. The summed E-state index contributed by atoms with van der Waals surface area (Å²) in [5.41, 5.74) is 0. The van der Waals surface area contributed by atoms with Crippen molar-refractivity contribution in [1.82, 2.24) is 29.7 Å². The van der Waals surface area contributed by atoms with Gasteiger partial charge in [0, 0.05) is 13.1 Å². The predicted molar refractivity (Wildman–Crippen MR) is 74.8 cm³/mol. The first-order valence-corrected chi connectivity index (χ1v) is 7.01. The molecule has 0 amide bonds. The Labute approximate surface area is 115 Å². The highest BCUT2D eigenvalue weighted by Gasteiger charge is 2.10. The summed E-state index contributed by atoms with van der Waals surface area (Å²) in [6.07, 6.45) is 3.50. The van der Waals surface area contributed by atoms with E-state index in [1.165, 1.54) is 16.4 Å². The van der Waals surface area contributed by atoms with E-state index in [9.17, 15) is 0 Å². The molecule has 19 heavy (non-hydrogen) atoms. The minimum atomic E-state index is 0.234. The van der Waals surface area contributed by atoms with Crippen molar-refractivity contribution >= 4 is 23.7 Å². The van der Waals surface area contributed by atoms with E-state index in [0.29, 0.717) is 23.0 Å². The van der Waals surface area contributed by atoms with Crippen LogP contribution in [0.3, 0.4) is 0 Å². The van der Waals surface area contributed by atoms with E-state index < -0.39 is 0 Å². The normalized spacial score (nSPS) is 10.8. The lowest BCUT2D eigenvalue weighted by molar-refractivity contribution is 0.765. The van der Waals surface area contributed by atoms with Crippen LogP contribution in [0.25, 0.3) is 5.95 Å². The lowest BCUT2D eigenvalue weighted by atomic mass is 10.4. The number of rotatable bonds is 5. The maximum absolute atomic E-state index is 4.32. The van der Waals surface area contributed by atoms with Crippen molar-refractivity contribution in [3.8, 4) is 5.95 Å². The number of hydrogen-bond donors (Lipinski definition) is 2. The molecule has 2 rings (SSSR count). The molecule has 2 heterocycles. The van der Waals surface area contributed by atoms with Crippen molar-refractivity contribution in [2.24, 2.45) is 0 Å². The third-order valence-corrected chi connectivity index (χ3v) is 2.68. The number of thioether (sulfide) groups is 1. The van der Waals surface area contributed by atoms with Gasteiger partial charge < -0.3 is 10.6 Å². The molecule has 8 nitrogen and oxygen atoms in total. The molecule has 0 bridgehead atoms. The first-order valence-electron chi connectivity index (χ1n) is 5.78. The average molecular weight is 280 g/mol. The molecule has 0 spiro atoms. The molecule has 2 aromatic heterocycles. The summed E-state index contributed by atoms with van der Waals surface area (Å²) < 4.78 is 1.53. The van der Waals surface area contributed by atoms with Gasteiger partial charge in [-0.2, -0.15) is 19.6 Å². The molecular formula is C10H16N8S. The number of hydrogen-bond acceptors (Lipinski definition) is 8. The topological polar surface area (TPSA) is 93.4 Å². The Morgan fingerprint density at radius 1 is 1.21 bits per heavy atom. The second-order valence-electron chi connectivity index (χ2n) is 4.01. The van der Waals surface area contributed by atoms with Crippen LogP contribution < -0.4 is 10.6 Å². The molecule has 102 valence electrons. The van der Waals surface area contributed by atoms with E-state index in [1.807, 2.05) is 20.1 Å². The summed E-state index contributed by atoms with van der Waals surface area (Å²) in [5.74, 6) is 1.41. The SMILES string of the molecule is CNc1nc(NC(C)C)nc(-n2cnc(SC)n2)n1. The summed E-state index contributed by atoms with van der Waals surface area (Å²) in [5, 5.41) is 11.0. The summed E-state index contributed by atoms with van der Waals surface area (Å²) in [7, 11) is 1.76. The fraction of sp³-hybridized carbons (Fsp3) is 0.500. The summed E-state index contributed by atoms with van der Waals surface area (Å²) in [4.78, 5) is 16.9. The van der Waals surface area contributed by atoms with Gasteiger partial charge in [-0.05, 0) is 20.1 Å². The van der Waals surface area contributed by atoms with Crippen molar-refractivity contribution in [3.63, 3.8) is 0 Å². The monoisotopic (exact) mass is 280 g/mol. The zero-order chi connectivity index (χ0) is 13.8. The van der Waals surface area contributed by atoms with E-state index in [2.05, 4.69) is 35.7 Å². The van der Waals surface area contributed by atoms with Gasteiger partial charge in [0.05, 0.1) is 0 Å². The fourth-order valence-corrected chi connectivity index (χ4v) is 1.66. The smallest absolute Gasteiger partial charge is 0.258 e. The highest BCUT2D eigenvalue weighted by atomic mass is 32.2. The first kappa shape index (κ1) is 13.5. The average Bonchev–Trinajstić information content (AvgIpc) is 2.86. The Morgan fingerprint density at radius 3 is 2.53 bits per heavy atom. The van der Waals surface area contributed by atoms with Crippen molar-refractivity contribution in [2.45, 2.75) is 25.0 Å². The second-order valence-corrected chi connectivity index (χ2v) is 4.78. The van der Waals surface area contributed by atoms with Gasteiger partial charge in [0.2, 0.25) is 17.1 Å². The van der Waals surface area contributed by atoms with Crippen LogP contribution in [0.15, 0.2) is 11.5 Å². The van der Waals surface area contributed by atoms with Gasteiger partial charge >= 0.3 is 0 Å². The van der Waals surface area contributed by atoms with Crippen LogP contribution in [-0.2, 0) is 0 Å². The van der Waals surface area contributed by atoms with Gasteiger partial charge in [-0.3, -0.25) is 0 Å². The highest BCUT2D eigenvalue weighted by Crippen LogP contribution is 2.11. The lowest BCUT2D eigenvalue weighted by Gasteiger charge is -2.10. The first-order chi connectivity index (χ1) is 9.12. The van der Waals surface area contributed by atoms with Crippen LogP contribution in [-0.4, -0.2) is 49.1 Å². The molecule has 0 aliphatic heterocycles. The quantitative estimate of drug-likeness (QED) is 0.785. The Morgan fingerprint density at radius 2 is 1.95 bits per heavy atom. The number of nitrogens with one attached hydrogen (secondary N) is 2. The molecule has 0 atom stereocenters. The minimum absolute atomic E-state index is 0.234. The molecule has 2 N–H and O–H groups in total. The summed E-state index contributed by atoms with van der Waals surface area (Å²) in [6, 6.07) is 0.234. The molecule has 2 aromatic rings. The molecule has 0 saturated heterocycles. The third kappa shape index (κ3) is 3.31. The van der Waals surface area contributed by atoms with Crippen molar-refractivity contribution in [1.29, 1.82) is 0 Å². The number of aromatic nitrogens is 6. The minimum Gasteiger partial charge on any atom is -0.357 e. The summed E-state index contributed by atoms with van der Waals surface area (Å²) in [6.45, 7) is 4.04. The molecule has 0 fully saturated rings. The van der Waals surface area contributed by atoms with Crippen molar-refractivity contribution in [3.05, 3.63) is 6.33 Å². The maximum Gasteiger partial charge on any atom is 0.258 e. The van der Waals surface area contributed by atoms with Crippen LogP contribution in [0.4, 0.5) is 11.9 Å². The zero-order valence-electron chi connectivity index (χ0n) is 11.2. The molecule has 0 unspecified atom stereocenters. The largest absolute Gasteiger partial charge is 0.357 e. The van der Waals surface area contributed by atoms with Crippen LogP contribution in [0, 0.1) is 0 Å². The van der Waals surface area contributed by atoms with E-state index >= 15 is 0 Å². The van der Waals surface area contributed by atoms with Crippen LogP contribution >= 0.6 is 11.8 Å². The molecule has 0 aromatic carbocycles. The van der Waals surface area contributed by atoms with Gasteiger partial charge in [-0.1, -0.05) is 11.8 Å². The molecular weight excluding hydrogens is 264 g/mol. The summed E-state index contributed by atoms with van der Waals surface area (Å²) >= 11 is 1.46. The molecule has 0 aliphatic carbocycles. The third-order valence-electron chi connectivity index (χ3n) is 2.12. The van der Waals surface area contributed by atoms with E-state index in [0.717, 1.165) is 0 Å². The van der Waals surface area contributed by atoms with E-state index in [1.54, 1.807) is 13.4 Å². The maximum atomic E-state index is 4.32. The molecule has 0 saturated carbocycles. The Hall–Kier alpha value is -1.90. The second kappa shape index (κ2) is 5.83. The van der Waals surface area contributed by atoms with Crippen LogP contribution in [0.5, 0.6) is 0 Å². The molecule has 0 radical (unpaired) electrons. The van der Waals surface area contributed by atoms with Gasteiger partial charge in [0.1, 0.15) is 6.33 Å². The zero-order valence-corrected chi connectivity index (χ0v) is 12.1.